The van der Waals surface area contributed by atoms with E-state index in [-0.39, 0.29) is 0 Å². The molecule has 2 fully saturated rings. The summed E-state index contributed by atoms with van der Waals surface area (Å²) in [6, 6.07) is 0.508. The van der Waals surface area contributed by atoms with E-state index in [4.69, 9.17) is 8.94 Å². The smallest absolute Gasteiger partial charge is 0.229 e. The zero-order chi connectivity index (χ0) is 16.5. The van der Waals surface area contributed by atoms with E-state index in [1.807, 2.05) is 6.20 Å². The number of hydrogen-bond donors (Lipinski definition) is 0. The molecular weight excluding hydrogens is 306 g/mol. The molecule has 0 N–H and O–H groups in total. The molecular formula is C17H25N5O2. The van der Waals surface area contributed by atoms with Crippen LogP contribution in [0.15, 0.2) is 15.1 Å². The zero-order valence-electron chi connectivity index (χ0n) is 14.4. The third-order valence-corrected chi connectivity index (χ3v) is 4.98. The lowest BCUT2D eigenvalue weighted by Crippen LogP contribution is -2.34. The van der Waals surface area contributed by atoms with Gasteiger partial charge in [-0.25, -0.2) is 4.98 Å². The quantitative estimate of drug-likeness (QED) is 0.770. The number of nitrogens with zero attached hydrogens (tertiary/aromatic N) is 5. The van der Waals surface area contributed by atoms with Gasteiger partial charge in [0.2, 0.25) is 11.8 Å². The maximum Gasteiger partial charge on any atom is 0.229 e. The number of rotatable bonds is 7. The molecule has 0 unspecified atom stereocenters. The van der Waals surface area contributed by atoms with E-state index >= 15 is 0 Å². The van der Waals surface area contributed by atoms with Gasteiger partial charge in [-0.1, -0.05) is 12.1 Å². The Morgan fingerprint density at radius 1 is 1.33 bits per heavy atom. The Bertz CT molecular complexity index is 678. The zero-order valence-corrected chi connectivity index (χ0v) is 14.4. The van der Waals surface area contributed by atoms with Gasteiger partial charge in [-0.3, -0.25) is 9.80 Å². The van der Waals surface area contributed by atoms with E-state index in [9.17, 15) is 0 Å². The minimum absolute atomic E-state index is 0.508. The van der Waals surface area contributed by atoms with Crippen molar-refractivity contribution in [1.29, 1.82) is 0 Å². The largest absolute Gasteiger partial charge is 0.444 e. The summed E-state index contributed by atoms with van der Waals surface area (Å²) in [7, 11) is 2.14. The van der Waals surface area contributed by atoms with Gasteiger partial charge in [0.25, 0.3) is 0 Å². The van der Waals surface area contributed by atoms with Gasteiger partial charge in [0.1, 0.15) is 5.76 Å². The minimum atomic E-state index is 0.508. The fourth-order valence-electron chi connectivity index (χ4n) is 3.27. The fraction of sp³-hybridized carbons (Fsp3) is 0.706. The van der Waals surface area contributed by atoms with Gasteiger partial charge < -0.3 is 8.94 Å². The molecule has 2 aromatic rings. The molecule has 0 spiro atoms. The molecule has 2 aliphatic rings. The fourth-order valence-corrected chi connectivity index (χ4v) is 3.27. The summed E-state index contributed by atoms with van der Waals surface area (Å²) in [6.07, 6.45) is 6.25. The SMILES string of the molecule is CCc1cnc(CN2CC[C@H](N(C)Cc3noc(C4CC4)n3)C2)o1. The van der Waals surface area contributed by atoms with Crippen LogP contribution >= 0.6 is 0 Å². The molecule has 3 heterocycles. The van der Waals surface area contributed by atoms with Gasteiger partial charge in [-0.05, 0) is 26.3 Å². The number of aromatic nitrogens is 3. The van der Waals surface area contributed by atoms with Gasteiger partial charge in [0.05, 0.1) is 19.3 Å². The summed E-state index contributed by atoms with van der Waals surface area (Å²) in [5, 5.41) is 4.12. The molecule has 0 bridgehead atoms. The first-order chi connectivity index (χ1) is 11.7. The lowest BCUT2D eigenvalue weighted by atomic mass is 10.2. The molecule has 1 aliphatic heterocycles. The highest BCUT2D eigenvalue weighted by Crippen LogP contribution is 2.38. The summed E-state index contributed by atoms with van der Waals surface area (Å²) in [6.45, 7) is 5.70. The van der Waals surface area contributed by atoms with E-state index in [0.717, 1.165) is 62.4 Å². The predicted molar refractivity (Wildman–Crippen MR) is 87.3 cm³/mol. The second-order valence-corrected chi connectivity index (χ2v) is 6.99. The van der Waals surface area contributed by atoms with Crippen LogP contribution in [0.1, 0.15) is 55.5 Å². The highest BCUT2D eigenvalue weighted by Gasteiger charge is 2.31. The van der Waals surface area contributed by atoms with E-state index < -0.39 is 0 Å². The van der Waals surface area contributed by atoms with Crippen LogP contribution in [0.4, 0.5) is 0 Å². The molecule has 1 aliphatic carbocycles. The summed E-state index contributed by atoms with van der Waals surface area (Å²) in [5.74, 6) is 3.93. The Kier molecular flexibility index (Phi) is 4.37. The average molecular weight is 331 g/mol. The normalized spacial score (nSPS) is 21.9. The number of hydrogen-bond acceptors (Lipinski definition) is 7. The van der Waals surface area contributed by atoms with Crippen molar-refractivity contribution >= 4 is 0 Å². The molecule has 4 rings (SSSR count). The van der Waals surface area contributed by atoms with Crippen molar-refractivity contribution in [2.24, 2.45) is 0 Å². The van der Waals surface area contributed by atoms with Crippen LogP contribution in [0.5, 0.6) is 0 Å². The molecule has 7 nitrogen and oxygen atoms in total. The predicted octanol–water partition coefficient (Wildman–Crippen LogP) is 2.20. The van der Waals surface area contributed by atoms with Crippen molar-refractivity contribution in [3.05, 3.63) is 29.6 Å². The lowest BCUT2D eigenvalue weighted by Gasteiger charge is -2.22. The van der Waals surface area contributed by atoms with Crippen molar-refractivity contribution in [1.82, 2.24) is 24.9 Å². The number of likely N-dealkylation sites (N-methyl/N-ethyl adjacent to an activating group) is 1. The van der Waals surface area contributed by atoms with Crippen LogP contribution in [-0.4, -0.2) is 51.1 Å². The summed E-state index contributed by atoms with van der Waals surface area (Å²) in [5.41, 5.74) is 0. The molecule has 0 radical (unpaired) electrons. The summed E-state index contributed by atoms with van der Waals surface area (Å²) < 4.78 is 11.1. The topological polar surface area (TPSA) is 71.4 Å². The molecule has 1 saturated heterocycles. The van der Waals surface area contributed by atoms with Gasteiger partial charge in [0.15, 0.2) is 5.82 Å². The van der Waals surface area contributed by atoms with Gasteiger partial charge in [0, 0.05) is 31.5 Å². The highest BCUT2D eigenvalue weighted by molar-refractivity contribution is 5.02. The lowest BCUT2D eigenvalue weighted by molar-refractivity contribution is 0.209. The van der Waals surface area contributed by atoms with Crippen LogP contribution < -0.4 is 0 Å². The van der Waals surface area contributed by atoms with Crippen molar-refractivity contribution in [2.45, 2.75) is 57.7 Å². The van der Waals surface area contributed by atoms with Gasteiger partial charge in [-0.15, -0.1) is 0 Å². The van der Waals surface area contributed by atoms with Crippen LogP contribution in [0, 0.1) is 0 Å². The summed E-state index contributed by atoms with van der Waals surface area (Å²) in [4.78, 5) is 13.6. The first-order valence-electron chi connectivity index (χ1n) is 8.90. The molecule has 0 amide bonds. The average Bonchev–Trinajstić information content (AvgIpc) is 3.00. The second kappa shape index (κ2) is 6.64. The number of oxazole rings is 1. The molecule has 130 valence electrons. The molecule has 1 saturated carbocycles. The maximum absolute atomic E-state index is 5.72. The molecule has 1 atom stereocenters. The van der Waals surface area contributed by atoms with Crippen LogP contribution in [-0.2, 0) is 19.5 Å². The first kappa shape index (κ1) is 15.8. The van der Waals surface area contributed by atoms with Crippen LogP contribution in [0.2, 0.25) is 0 Å². The maximum atomic E-state index is 5.72. The Morgan fingerprint density at radius 3 is 2.96 bits per heavy atom. The van der Waals surface area contributed by atoms with Crippen molar-refractivity contribution in [3.63, 3.8) is 0 Å². The van der Waals surface area contributed by atoms with Crippen molar-refractivity contribution in [3.8, 4) is 0 Å². The van der Waals surface area contributed by atoms with E-state index in [0.29, 0.717) is 12.0 Å². The van der Waals surface area contributed by atoms with E-state index in [1.165, 1.54) is 12.8 Å². The summed E-state index contributed by atoms with van der Waals surface area (Å²) >= 11 is 0. The molecule has 7 heteroatoms. The van der Waals surface area contributed by atoms with Crippen molar-refractivity contribution in [2.75, 3.05) is 20.1 Å². The minimum Gasteiger partial charge on any atom is -0.444 e. The van der Waals surface area contributed by atoms with E-state index in [1.54, 1.807) is 0 Å². The van der Waals surface area contributed by atoms with Gasteiger partial charge >= 0.3 is 0 Å². The number of aryl methyl sites for hydroxylation is 1. The van der Waals surface area contributed by atoms with Gasteiger partial charge in [-0.2, -0.15) is 4.98 Å². The molecule has 2 aromatic heterocycles. The Labute approximate surface area is 142 Å². The van der Waals surface area contributed by atoms with E-state index in [2.05, 4.69) is 38.9 Å². The van der Waals surface area contributed by atoms with Crippen LogP contribution in [0.3, 0.4) is 0 Å². The Morgan fingerprint density at radius 2 is 2.21 bits per heavy atom. The Hall–Kier alpha value is -1.73. The third-order valence-electron chi connectivity index (χ3n) is 4.98. The van der Waals surface area contributed by atoms with Crippen LogP contribution in [0.25, 0.3) is 0 Å². The van der Waals surface area contributed by atoms with Crippen molar-refractivity contribution < 1.29 is 8.94 Å². The number of likely N-dealkylation sites (tertiary alicyclic amines) is 1. The Balaban J connectivity index is 1.28. The monoisotopic (exact) mass is 331 g/mol. The molecule has 24 heavy (non-hydrogen) atoms. The first-order valence-corrected chi connectivity index (χ1v) is 8.90. The highest BCUT2D eigenvalue weighted by atomic mass is 16.5. The second-order valence-electron chi connectivity index (χ2n) is 6.99. The molecule has 0 aromatic carbocycles. The standard InChI is InChI=1S/C17H25N5O2/c1-3-14-8-18-16(23-14)11-22-7-6-13(9-22)21(2)10-15-19-17(24-20-15)12-4-5-12/h8,12-13H,3-7,9-11H2,1-2H3/t13-/m0/s1. The third kappa shape index (κ3) is 3.52.